The highest BCUT2D eigenvalue weighted by atomic mass is 16.2. The molecule has 4 nitrogen and oxygen atoms in total. The van der Waals surface area contributed by atoms with Gasteiger partial charge >= 0.3 is 0 Å². The number of nitrogens with zero attached hydrogens (tertiary/aromatic N) is 1. The monoisotopic (exact) mass is 274 g/mol. The first-order valence-corrected chi connectivity index (χ1v) is 7.06. The van der Waals surface area contributed by atoms with E-state index in [2.05, 4.69) is 11.4 Å². The van der Waals surface area contributed by atoms with Crippen LogP contribution in [0.1, 0.15) is 31.4 Å². The molecule has 0 bridgehead atoms. The van der Waals surface area contributed by atoms with E-state index >= 15 is 0 Å². The average molecular weight is 274 g/mol. The largest absolute Gasteiger partial charge is 0.354 e. The lowest BCUT2D eigenvalue weighted by molar-refractivity contribution is -0.126. The van der Waals surface area contributed by atoms with Crippen LogP contribution in [0.5, 0.6) is 0 Å². The summed E-state index contributed by atoms with van der Waals surface area (Å²) in [6.07, 6.45) is 0.297. The number of benzene rings is 1. The van der Waals surface area contributed by atoms with Crippen molar-refractivity contribution in [3.05, 3.63) is 29.3 Å². The molecule has 20 heavy (non-hydrogen) atoms. The summed E-state index contributed by atoms with van der Waals surface area (Å²) >= 11 is 0. The van der Waals surface area contributed by atoms with Crippen LogP contribution in [-0.2, 0) is 9.59 Å². The summed E-state index contributed by atoms with van der Waals surface area (Å²) in [6.45, 7) is 8.35. The number of hydrogen-bond acceptors (Lipinski definition) is 2. The van der Waals surface area contributed by atoms with E-state index < -0.39 is 0 Å². The van der Waals surface area contributed by atoms with Gasteiger partial charge < -0.3 is 10.2 Å². The number of hydrogen-bond donors (Lipinski definition) is 1. The minimum Gasteiger partial charge on any atom is -0.354 e. The van der Waals surface area contributed by atoms with Crippen molar-refractivity contribution in [3.8, 4) is 0 Å². The number of carbonyl (C=O) groups is 2. The maximum Gasteiger partial charge on any atom is 0.227 e. The van der Waals surface area contributed by atoms with Gasteiger partial charge in [-0.25, -0.2) is 0 Å². The maximum absolute atomic E-state index is 12.1. The minimum absolute atomic E-state index is 0.0268. The first-order valence-electron chi connectivity index (χ1n) is 7.06. The first kappa shape index (κ1) is 14.6. The van der Waals surface area contributed by atoms with Gasteiger partial charge in [0.05, 0.1) is 5.92 Å². The molecule has 0 spiro atoms. The fourth-order valence-electron chi connectivity index (χ4n) is 2.64. The van der Waals surface area contributed by atoms with E-state index in [4.69, 9.17) is 0 Å². The predicted octanol–water partition coefficient (Wildman–Crippen LogP) is 2.18. The van der Waals surface area contributed by atoms with E-state index in [1.54, 1.807) is 4.90 Å². The van der Waals surface area contributed by atoms with Crippen LogP contribution in [0.2, 0.25) is 0 Å². The van der Waals surface area contributed by atoms with E-state index in [0.29, 0.717) is 13.0 Å². The Kier molecular flexibility index (Phi) is 4.12. The molecule has 1 N–H and O–H groups in total. The third-order valence-corrected chi connectivity index (χ3v) is 3.44. The smallest absolute Gasteiger partial charge is 0.227 e. The second kappa shape index (κ2) is 5.65. The van der Waals surface area contributed by atoms with Crippen LogP contribution >= 0.6 is 0 Å². The van der Waals surface area contributed by atoms with Crippen molar-refractivity contribution in [1.82, 2.24) is 5.32 Å². The quantitative estimate of drug-likeness (QED) is 0.918. The summed E-state index contributed by atoms with van der Waals surface area (Å²) < 4.78 is 0. The normalized spacial score (nSPS) is 18.8. The number of anilines is 1. The molecule has 1 aromatic rings. The Morgan fingerprint density at radius 1 is 1.25 bits per heavy atom. The third kappa shape index (κ3) is 3.18. The van der Waals surface area contributed by atoms with Crippen LogP contribution in [0.15, 0.2) is 18.2 Å². The molecule has 2 amide bonds. The molecule has 1 aliphatic rings. The van der Waals surface area contributed by atoms with Crippen LogP contribution in [0.25, 0.3) is 0 Å². The Morgan fingerprint density at radius 3 is 2.40 bits per heavy atom. The molecule has 4 heteroatoms. The van der Waals surface area contributed by atoms with Gasteiger partial charge in [0.2, 0.25) is 11.8 Å². The summed E-state index contributed by atoms with van der Waals surface area (Å²) in [5, 5.41) is 2.88. The van der Waals surface area contributed by atoms with E-state index in [1.807, 2.05) is 39.8 Å². The Hall–Kier alpha value is -1.84. The highest BCUT2D eigenvalue weighted by Gasteiger charge is 2.35. The van der Waals surface area contributed by atoms with E-state index in [0.717, 1.165) is 16.8 Å². The lowest BCUT2D eigenvalue weighted by Crippen LogP contribution is -2.36. The van der Waals surface area contributed by atoms with Gasteiger partial charge in [0.25, 0.3) is 0 Å². The standard InChI is InChI=1S/C16H22N2O2/c1-10(2)17-16(20)13-8-15(19)18(9-13)14-6-11(3)5-12(4)7-14/h5-7,10,13H,8-9H2,1-4H3,(H,17,20)/t13-/m0/s1. The lowest BCUT2D eigenvalue weighted by Gasteiger charge is -2.18. The highest BCUT2D eigenvalue weighted by molar-refractivity contribution is 6.00. The molecule has 1 aromatic carbocycles. The lowest BCUT2D eigenvalue weighted by atomic mass is 10.1. The van der Waals surface area contributed by atoms with E-state index in [1.165, 1.54) is 0 Å². The molecule has 1 heterocycles. The zero-order chi connectivity index (χ0) is 14.9. The van der Waals surface area contributed by atoms with Crippen molar-refractivity contribution in [2.45, 2.75) is 40.2 Å². The first-order chi connectivity index (χ1) is 9.36. The second-order valence-corrected chi connectivity index (χ2v) is 5.91. The van der Waals surface area contributed by atoms with Gasteiger partial charge in [-0.05, 0) is 51.0 Å². The molecule has 2 rings (SSSR count). The van der Waals surface area contributed by atoms with Crippen molar-refractivity contribution in [1.29, 1.82) is 0 Å². The molecule has 1 aliphatic heterocycles. The van der Waals surface area contributed by atoms with Crippen molar-refractivity contribution in [2.24, 2.45) is 5.92 Å². The SMILES string of the molecule is Cc1cc(C)cc(N2C[C@@H](C(=O)NC(C)C)CC2=O)c1. The Balaban J connectivity index is 2.15. The van der Waals surface area contributed by atoms with Gasteiger partial charge in [-0.2, -0.15) is 0 Å². The molecule has 0 unspecified atom stereocenters. The fourth-order valence-corrected chi connectivity index (χ4v) is 2.64. The molecular weight excluding hydrogens is 252 g/mol. The summed E-state index contributed by atoms with van der Waals surface area (Å²) in [7, 11) is 0. The van der Waals surface area contributed by atoms with Crippen molar-refractivity contribution in [3.63, 3.8) is 0 Å². The van der Waals surface area contributed by atoms with Crippen molar-refractivity contribution < 1.29 is 9.59 Å². The molecule has 1 saturated heterocycles. The predicted molar refractivity (Wildman–Crippen MR) is 79.7 cm³/mol. The summed E-state index contributed by atoms with van der Waals surface area (Å²) in [6, 6.07) is 6.17. The number of nitrogens with one attached hydrogen (secondary N) is 1. The Morgan fingerprint density at radius 2 is 1.85 bits per heavy atom. The molecular formula is C16H22N2O2. The van der Waals surface area contributed by atoms with E-state index in [-0.39, 0.29) is 23.8 Å². The molecule has 0 aliphatic carbocycles. The number of amides is 2. The molecule has 1 atom stereocenters. The number of rotatable bonds is 3. The molecule has 1 fully saturated rings. The topological polar surface area (TPSA) is 49.4 Å². The van der Waals surface area contributed by atoms with Gasteiger partial charge in [0.1, 0.15) is 0 Å². The van der Waals surface area contributed by atoms with Gasteiger partial charge in [-0.3, -0.25) is 9.59 Å². The zero-order valence-corrected chi connectivity index (χ0v) is 12.6. The number of carbonyl (C=O) groups excluding carboxylic acids is 2. The molecule has 0 radical (unpaired) electrons. The van der Waals surface area contributed by atoms with Gasteiger partial charge in [-0.15, -0.1) is 0 Å². The van der Waals surface area contributed by atoms with Crippen LogP contribution in [0.4, 0.5) is 5.69 Å². The van der Waals surface area contributed by atoms with Crippen LogP contribution < -0.4 is 10.2 Å². The van der Waals surface area contributed by atoms with Crippen molar-refractivity contribution in [2.75, 3.05) is 11.4 Å². The summed E-state index contributed by atoms with van der Waals surface area (Å²) in [4.78, 5) is 25.9. The summed E-state index contributed by atoms with van der Waals surface area (Å²) in [5.41, 5.74) is 3.15. The number of aryl methyl sites for hydroxylation is 2. The Bertz CT molecular complexity index is 517. The van der Waals surface area contributed by atoms with Crippen LogP contribution in [-0.4, -0.2) is 24.4 Å². The van der Waals surface area contributed by atoms with Crippen molar-refractivity contribution >= 4 is 17.5 Å². The highest BCUT2D eigenvalue weighted by Crippen LogP contribution is 2.27. The van der Waals surface area contributed by atoms with Crippen LogP contribution in [0, 0.1) is 19.8 Å². The molecule has 108 valence electrons. The van der Waals surface area contributed by atoms with Gasteiger partial charge in [0.15, 0.2) is 0 Å². The van der Waals surface area contributed by atoms with Crippen LogP contribution in [0.3, 0.4) is 0 Å². The van der Waals surface area contributed by atoms with Gasteiger partial charge in [-0.1, -0.05) is 6.07 Å². The average Bonchev–Trinajstić information content (AvgIpc) is 2.69. The third-order valence-electron chi connectivity index (χ3n) is 3.44. The minimum atomic E-state index is -0.245. The van der Waals surface area contributed by atoms with Gasteiger partial charge in [0, 0.05) is 24.7 Å². The maximum atomic E-state index is 12.1. The second-order valence-electron chi connectivity index (χ2n) is 5.91. The zero-order valence-electron chi connectivity index (χ0n) is 12.6. The fraction of sp³-hybridized carbons (Fsp3) is 0.500. The molecule has 0 aromatic heterocycles. The Labute approximate surface area is 120 Å². The molecule has 0 saturated carbocycles. The summed E-state index contributed by atoms with van der Waals surface area (Å²) in [5.74, 6) is -0.246. The van der Waals surface area contributed by atoms with E-state index in [9.17, 15) is 9.59 Å².